The van der Waals surface area contributed by atoms with Crippen molar-refractivity contribution in [1.29, 1.82) is 0 Å². The Balaban J connectivity index is 1.86. The minimum absolute atomic E-state index is 0.292. The van der Waals surface area contributed by atoms with Crippen molar-refractivity contribution in [1.82, 2.24) is 5.32 Å². The zero-order valence-electron chi connectivity index (χ0n) is 15.4. The summed E-state index contributed by atoms with van der Waals surface area (Å²) in [6.07, 6.45) is 0. The Hall–Kier alpha value is -3.02. The number of esters is 1. The molecular formula is C20H23NO5. The minimum Gasteiger partial charge on any atom is -0.493 e. The van der Waals surface area contributed by atoms with E-state index in [-0.39, 0.29) is 12.5 Å². The fourth-order valence-electron chi connectivity index (χ4n) is 2.49. The maximum Gasteiger partial charge on any atom is 0.338 e. The highest BCUT2D eigenvalue weighted by Gasteiger charge is 2.13. The lowest BCUT2D eigenvalue weighted by Gasteiger charge is -2.11. The molecule has 2 aromatic rings. The maximum absolute atomic E-state index is 12.1. The van der Waals surface area contributed by atoms with Crippen LogP contribution in [0.3, 0.4) is 0 Å². The Morgan fingerprint density at radius 3 is 2.35 bits per heavy atom. The van der Waals surface area contributed by atoms with Crippen LogP contribution in [-0.4, -0.2) is 32.7 Å². The minimum atomic E-state index is -0.510. The van der Waals surface area contributed by atoms with Crippen LogP contribution in [0.4, 0.5) is 0 Å². The van der Waals surface area contributed by atoms with E-state index >= 15 is 0 Å². The summed E-state index contributed by atoms with van der Waals surface area (Å²) in [7, 11) is 3.11. The normalized spacial score (nSPS) is 10.2. The van der Waals surface area contributed by atoms with E-state index in [4.69, 9.17) is 14.2 Å². The van der Waals surface area contributed by atoms with E-state index in [1.807, 2.05) is 32.0 Å². The van der Waals surface area contributed by atoms with Crippen LogP contribution >= 0.6 is 0 Å². The van der Waals surface area contributed by atoms with Gasteiger partial charge in [-0.1, -0.05) is 23.8 Å². The molecule has 2 rings (SSSR count). The number of amides is 1. The molecule has 0 unspecified atom stereocenters. The summed E-state index contributed by atoms with van der Waals surface area (Å²) in [5.74, 6) is 0.312. The predicted octanol–water partition coefficient (Wildman–Crippen LogP) is 2.79. The molecular weight excluding hydrogens is 334 g/mol. The SMILES string of the molecule is COc1ccc(CNC(=O)COC(=O)c2ccc(C)cc2C)cc1OC. The van der Waals surface area contributed by atoms with Gasteiger partial charge in [-0.2, -0.15) is 0 Å². The number of benzene rings is 2. The van der Waals surface area contributed by atoms with Crippen LogP contribution in [0.2, 0.25) is 0 Å². The molecule has 0 aromatic heterocycles. The molecule has 138 valence electrons. The van der Waals surface area contributed by atoms with Crippen molar-refractivity contribution in [3.05, 3.63) is 58.7 Å². The third-order valence-electron chi connectivity index (χ3n) is 3.87. The molecule has 2 aromatic carbocycles. The third-order valence-corrected chi connectivity index (χ3v) is 3.87. The molecule has 1 N–H and O–H groups in total. The molecule has 0 heterocycles. The van der Waals surface area contributed by atoms with Crippen LogP contribution in [-0.2, 0) is 16.1 Å². The van der Waals surface area contributed by atoms with Gasteiger partial charge in [0.15, 0.2) is 18.1 Å². The Kier molecular flexibility index (Phi) is 6.60. The molecule has 6 heteroatoms. The van der Waals surface area contributed by atoms with Gasteiger partial charge in [0.25, 0.3) is 5.91 Å². The summed E-state index contributed by atoms with van der Waals surface area (Å²) in [6, 6.07) is 10.8. The lowest BCUT2D eigenvalue weighted by atomic mass is 10.1. The van der Waals surface area contributed by atoms with Crippen LogP contribution in [0, 0.1) is 13.8 Å². The van der Waals surface area contributed by atoms with E-state index in [9.17, 15) is 9.59 Å². The van der Waals surface area contributed by atoms with E-state index in [1.165, 1.54) is 0 Å². The second-order valence-electron chi connectivity index (χ2n) is 5.86. The van der Waals surface area contributed by atoms with E-state index in [0.717, 1.165) is 16.7 Å². The first-order valence-corrected chi connectivity index (χ1v) is 8.16. The molecule has 0 radical (unpaired) electrons. The number of methoxy groups -OCH3 is 2. The highest BCUT2D eigenvalue weighted by molar-refractivity contribution is 5.92. The molecule has 1 amide bonds. The van der Waals surface area contributed by atoms with Crippen molar-refractivity contribution in [3.8, 4) is 11.5 Å². The quantitative estimate of drug-likeness (QED) is 0.772. The lowest BCUT2D eigenvalue weighted by molar-refractivity contribution is -0.124. The number of nitrogens with one attached hydrogen (secondary N) is 1. The fraction of sp³-hybridized carbons (Fsp3) is 0.300. The van der Waals surface area contributed by atoms with Crippen molar-refractivity contribution in [3.63, 3.8) is 0 Å². The summed E-state index contributed by atoms with van der Waals surface area (Å²) in [6.45, 7) is 3.74. The van der Waals surface area contributed by atoms with Crippen molar-refractivity contribution in [2.24, 2.45) is 0 Å². The molecule has 0 fully saturated rings. The molecule has 0 bridgehead atoms. The van der Waals surface area contributed by atoms with Crippen LogP contribution in [0.15, 0.2) is 36.4 Å². The summed E-state index contributed by atoms with van der Waals surface area (Å²) in [5, 5.41) is 2.71. The second kappa shape index (κ2) is 8.89. The molecule has 0 aliphatic carbocycles. The van der Waals surface area contributed by atoms with Crippen molar-refractivity contribution in [2.45, 2.75) is 20.4 Å². The van der Waals surface area contributed by atoms with Gasteiger partial charge in [0.05, 0.1) is 19.8 Å². The standard InChI is InChI=1S/C20H23NO5/c1-13-5-7-16(14(2)9-13)20(23)26-12-19(22)21-11-15-6-8-17(24-3)18(10-15)25-4/h5-10H,11-12H2,1-4H3,(H,21,22). The molecule has 0 saturated heterocycles. The molecule has 0 saturated carbocycles. The first-order valence-electron chi connectivity index (χ1n) is 8.16. The Morgan fingerprint density at radius 1 is 0.962 bits per heavy atom. The van der Waals surface area contributed by atoms with Crippen molar-refractivity contribution >= 4 is 11.9 Å². The van der Waals surface area contributed by atoms with E-state index in [0.29, 0.717) is 23.6 Å². The average molecular weight is 357 g/mol. The number of rotatable bonds is 7. The van der Waals surface area contributed by atoms with Gasteiger partial charge in [-0.25, -0.2) is 4.79 Å². The van der Waals surface area contributed by atoms with Gasteiger partial charge in [0.1, 0.15) is 0 Å². The molecule has 26 heavy (non-hydrogen) atoms. The predicted molar refractivity (Wildman–Crippen MR) is 97.6 cm³/mol. The van der Waals surface area contributed by atoms with Gasteiger partial charge in [-0.3, -0.25) is 4.79 Å². The summed E-state index contributed by atoms with van der Waals surface area (Å²) in [4.78, 5) is 24.0. The third kappa shape index (κ3) is 4.99. The van der Waals surface area contributed by atoms with Crippen LogP contribution in [0.5, 0.6) is 11.5 Å². The first-order chi connectivity index (χ1) is 12.4. The van der Waals surface area contributed by atoms with Gasteiger partial charge in [-0.05, 0) is 43.2 Å². The van der Waals surface area contributed by atoms with E-state index in [1.54, 1.807) is 32.4 Å². The number of carbonyl (C=O) groups excluding carboxylic acids is 2. The summed E-state index contributed by atoms with van der Waals surface area (Å²) < 4.78 is 15.5. The second-order valence-corrected chi connectivity index (χ2v) is 5.86. The highest BCUT2D eigenvalue weighted by Crippen LogP contribution is 2.27. The molecule has 0 atom stereocenters. The van der Waals surface area contributed by atoms with Crippen LogP contribution < -0.4 is 14.8 Å². The smallest absolute Gasteiger partial charge is 0.338 e. The Bertz CT molecular complexity index is 801. The number of carbonyl (C=O) groups is 2. The topological polar surface area (TPSA) is 73.9 Å². The van der Waals surface area contributed by atoms with E-state index in [2.05, 4.69) is 5.32 Å². The first kappa shape index (κ1) is 19.3. The van der Waals surface area contributed by atoms with Gasteiger partial charge >= 0.3 is 5.97 Å². The largest absolute Gasteiger partial charge is 0.493 e. The zero-order chi connectivity index (χ0) is 19.1. The van der Waals surface area contributed by atoms with Gasteiger partial charge in [0, 0.05) is 6.54 Å². The molecule has 0 aliphatic rings. The highest BCUT2D eigenvalue weighted by atomic mass is 16.5. The van der Waals surface area contributed by atoms with Crippen LogP contribution in [0.1, 0.15) is 27.0 Å². The average Bonchev–Trinajstić information content (AvgIpc) is 2.64. The van der Waals surface area contributed by atoms with Crippen molar-refractivity contribution in [2.75, 3.05) is 20.8 Å². The lowest BCUT2D eigenvalue weighted by Crippen LogP contribution is -2.28. The maximum atomic E-state index is 12.1. The summed E-state index contributed by atoms with van der Waals surface area (Å²) in [5.41, 5.74) is 3.19. The summed E-state index contributed by atoms with van der Waals surface area (Å²) >= 11 is 0. The zero-order valence-corrected chi connectivity index (χ0v) is 15.4. The van der Waals surface area contributed by atoms with Gasteiger partial charge < -0.3 is 19.5 Å². The molecule has 6 nitrogen and oxygen atoms in total. The fourth-order valence-corrected chi connectivity index (χ4v) is 2.49. The number of ether oxygens (including phenoxy) is 3. The van der Waals surface area contributed by atoms with E-state index < -0.39 is 5.97 Å². The monoisotopic (exact) mass is 357 g/mol. The molecule has 0 spiro atoms. The Morgan fingerprint density at radius 2 is 1.69 bits per heavy atom. The number of hydrogen-bond donors (Lipinski definition) is 1. The molecule has 0 aliphatic heterocycles. The Labute approximate surface area is 153 Å². The van der Waals surface area contributed by atoms with Gasteiger partial charge in [0.2, 0.25) is 0 Å². The van der Waals surface area contributed by atoms with Gasteiger partial charge in [-0.15, -0.1) is 0 Å². The number of aryl methyl sites for hydroxylation is 2. The van der Waals surface area contributed by atoms with Crippen molar-refractivity contribution < 1.29 is 23.8 Å². The number of hydrogen-bond acceptors (Lipinski definition) is 5. The van der Waals surface area contributed by atoms with Crippen LogP contribution in [0.25, 0.3) is 0 Å².